The summed E-state index contributed by atoms with van der Waals surface area (Å²) in [4.78, 5) is 10.9. The number of hydrogen-bond acceptors (Lipinski definition) is 2. The van der Waals surface area contributed by atoms with Gasteiger partial charge in [-0.15, -0.1) is 0 Å². The Labute approximate surface area is 123 Å². The van der Waals surface area contributed by atoms with E-state index in [1.807, 2.05) is 6.07 Å². The van der Waals surface area contributed by atoms with Gasteiger partial charge in [-0.1, -0.05) is 0 Å². The Hall–Kier alpha value is -0.720. The molecule has 0 bridgehead atoms. The van der Waals surface area contributed by atoms with Crippen LogP contribution >= 0.6 is 22.6 Å². The van der Waals surface area contributed by atoms with E-state index in [1.165, 1.54) is 0 Å². The molecule has 0 unspecified atom stereocenters. The van der Waals surface area contributed by atoms with Crippen LogP contribution in [0.4, 0.5) is 8.78 Å². The number of carbonyl (C=O) groups is 1. The van der Waals surface area contributed by atoms with E-state index in [0.717, 1.165) is 28.3 Å². The largest absolute Gasteiger partial charge is 0.492 e. The number of rotatable bonds is 5. The molecule has 2 fully saturated rings. The van der Waals surface area contributed by atoms with Crippen molar-refractivity contribution in [1.29, 1.82) is 0 Å². The predicted molar refractivity (Wildman–Crippen MR) is 75.1 cm³/mol. The molecule has 0 N–H and O–H groups in total. The van der Waals surface area contributed by atoms with Crippen LogP contribution in [0.2, 0.25) is 0 Å². The van der Waals surface area contributed by atoms with Gasteiger partial charge in [0.15, 0.2) is 0 Å². The molecule has 0 aromatic heterocycles. The van der Waals surface area contributed by atoms with E-state index in [1.54, 1.807) is 6.07 Å². The highest BCUT2D eigenvalue weighted by molar-refractivity contribution is 14.1. The minimum Gasteiger partial charge on any atom is -0.492 e. The molecule has 2 nitrogen and oxygen atoms in total. The highest BCUT2D eigenvalue weighted by Gasteiger charge is 2.57. The van der Waals surface area contributed by atoms with Gasteiger partial charge in [0, 0.05) is 12.0 Å². The maximum absolute atomic E-state index is 12.8. The van der Waals surface area contributed by atoms with Crippen LogP contribution in [-0.2, 0) is 0 Å². The molecule has 2 saturated carbocycles. The van der Waals surface area contributed by atoms with Crippen molar-refractivity contribution in [3.63, 3.8) is 0 Å². The molecule has 0 radical (unpaired) electrons. The topological polar surface area (TPSA) is 26.3 Å². The van der Waals surface area contributed by atoms with Crippen molar-refractivity contribution in [3.8, 4) is 5.75 Å². The molecule has 1 aromatic rings. The zero-order valence-electron chi connectivity index (χ0n) is 10.2. The van der Waals surface area contributed by atoms with Gasteiger partial charge in [0.2, 0.25) is 0 Å². The summed E-state index contributed by atoms with van der Waals surface area (Å²) < 4.78 is 32.1. The summed E-state index contributed by atoms with van der Waals surface area (Å²) in [7, 11) is 0. The Balaban J connectivity index is 1.79. The lowest BCUT2D eigenvalue weighted by molar-refractivity contribution is 0.0854. The van der Waals surface area contributed by atoms with Gasteiger partial charge in [0.05, 0.1) is 16.1 Å². The second-order valence-electron chi connectivity index (χ2n) is 5.29. The highest BCUT2D eigenvalue weighted by Crippen LogP contribution is 2.49. The molecule has 1 aromatic carbocycles. The molecule has 2 aliphatic rings. The molecule has 0 aliphatic heterocycles. The molecule has 5 heteroatoms. The van der Waals surface area contributed by atoms with Crippen LogP contribution in [0, 0.1) is 9.49 Å². The van der Waals surface area contributed by atoms with E-state index in [-0.39, 0.29) is 13.0 Å². The maximum atomic E-state index is 12.8. The van der Waals surface area contributed by atoms with Gasteiger partial charge in [-0.05, 0) is 59.0 Å². The van der Waals surface area contributed by atoms with Crippen molar-refractivity contribution < 1.29 is 18.3 Å². The highest BCUT2D eigenvalue weighted by atomic mass is 127. The third-order valence-electron chi connectivity index (χ3n) is 3.64. The van der Waals surface area contributed by atoms with Crippen LogP contribution in [0.3, 0.4) is 0 Å². The zero-order chi connectivity index (χ0) is 13.6. The first kappa shape index (κ1) is 13.3. The summed E-state index contributed by atoms with van der Waals surface area (Å²) in [6.45, 7) is 0.0232. The van der Waals surface area contributed by atoms with Gasteiger partial charge >= 0.3 is 0 Å². The fraction of sp³-hybridized carbons (Fsp3) is 0.500. The molecule has 0 saturated heterocycles. The number of benzene rings is 1. The average Bonchev–Trinajstić information content (AvgIpc) is 3.26. The van der Waals surface area contributed by atoms with Gasteiger partial charge in [-0.3, -0.25) is 4.79 Å². The Morgan fingerprint density at radius 2 is 2.11 bits per heavy atom. The number of aldehydes is 1. The van der Waals surface area contributed by atoms with Gasteiger partial charge in [0.25, 0.3) is 5.92 Å². The second kappa shape index (κ2) is 4.68. The summed E-state index contributed by atoms with van der Waals surface area (Å²) in [5.74, 6) is -2.17. The van der Waals surface area contributed by atoms with Crippen molar-refractivity contribution in [3.05, 3.63) is 26.8 Å². The van der Waals surface area contributed by atoms with Gasteiger partial charge < -0.3 is 4.74 Å². The number of alkyl halides is 2. The van der Waals surface area contributed by atoms with E-state index >= 15 is 0 Å². The van der Waals surface area contributed by atoms with Crippen LogP contribution < -0.4 is 4.74 Å². The van der Waals surface area contributed by atoms with Gasteiger partial charge in [-0.25, -0.2) is 8.78 Å². The average molecular weight is 378 g/mol. The molecule has 2 aliphatic carbocycles. The molecule has 0 spiro atoms. The fourth-order valence-electron chi connectivity index (χ4n) is 2.15. The van der Waals surface area contributed by atoms with Crippen LogP contribution in [0.25, 0.3) is 0 Å². The first-order valence-corrected chi connectivity index (χ1v) is 7.38. The summed E-state index contributed by atoms with van der Waals surface area (Å²) in [6, 6.07) is 3.52. The maximum Gasteiger partial charge on any atom is 0.255 e. The number of halogens is 3. The molecule has 0 amide bonds. The molecule has 19 heavy (non-hydrogen) atoms. The van der Waals surface area contributed by atoms with E-state index in [4.69, 9.17) is 4.74 Å². The van der Waals surface area contributed by atoms with Gasteiger partial charge in [0.1, 0.15) is 12.0 Å². The lowest BCUT2D eigenvalue weighted by Crippen LogP contribution is -2.07. The molecule has 3 rings (SSSR count). The number of ether oxygens (including phenoxy) is 1. The first-order chi connectivity index (χ1) is 9.01. The molecular formula is C14H13F2IO2. The van der Waals surface area contributed by atoms with E-state index in [2.05, 4.69) is 22.6 Å². The molecule has 1 atom stereocenters. The lowest BCUT2D eigenvalue weighted by atomic mass is 10.1. The van der Waals surface area contributed by atoms with Crippen LogP contribution in [0.5, 0.6) is 5.75 Å². The predicted octanol–water partition coefficient (Wildman–Crippen LogP) is 4.02. The lowest BCUT2D eigenvalue weighted by Gasteiger charge is -2.12. The first-order valence-electron chi connectivity index (χ1n) is 6.30. The van der Waals surface area contributed by atoms with E-state index in [0.29, 0.717) is 17.2 Å². The summed E-state index contributed by atoms with van der Waals surface area (Å²) in [5, 5.41) is 0. The monoisotopic (exact) mass is 378 g/mol. The fourth-order valence-corrected chi connectivity index (χ4v) is 3.05. The van der Waals surface area contributed by atoms with E-state index < -0.39 is 11.8 Å². The quantitative estimate of drug-likeness (QED) is 0.572. The summed E-state index contributed by atoms with van der Waals surface area (Å²) in [5.41, 5.74) is 1.67. The van der Waals surface area contributed by atoms with Crippen molar-refractivity contribution in [2.24, 2.45) is 5.92 Å². The standard InChI is InChI=1S/C14H13F2IO2/c15-14(16)5-10(14)7-19-12-4-8(6-18)3-11(13(12)17)9-1-2-9/h3-4,6,9-10H,1-2,5,7H2/t10-/m1/s1. The Morgan fingerprint density at radius 1 is 1.42 bits per heavy atom. The van der Waals surface area contributed by atoms with Crippen molar-refractivity contribution >= 4 is 28.9 Å². The smallest absolute Gasteiger partial charge is 0.255 e. The minimum atomic E-state index is -2.56. The zero-order valence-corrected chi connectivity index (χ0v) is 12.3. The normalized spacial score (nSPS) is 24.1. The Morgan fingerprint density at radius 3 is 2.63 bits per heavy atom. The van der Waals surface area contributed by atoms with Crippen molar-refractivity contribution in [2.45, 2.75) is 31.1 Å². The third kappa shape index (κ3) is 2.75. The summed E-state index contributed by atoms with van der Waals surface area (Å²) in [6.07, 6.45) is 2.93. The van der Waals surface area contributed by atoms with Gasteiger partial charge in [-0.2, -0.15) is 0 Å². The minimum absolute atomic E-state index is 0.0232. The Kier molecular flexibility index (Phi) is 3.27. The van der Waals surface area contributed by atoms with E-state index in [9.17, 15) is 13.6 Å². The molecular weight excluding hydrogens is 365 g/mol. The van der Waals surface area contributed by atoms with Crippen LogP contribution in [-0.4, -0.2) is 18.8 Å². The second-order valence-corrected chi connectivity index (χ2v) is 6.37. The molecule has 102 valence electrons. The molecule has 0 heterocycles. The number of hydrogen-bond donors (Lipinski definition) is 0. The Bertz CT molecular complexity index is 526. The third-order valence-corrected chi connectivity index (χ3v) is 4.79. The number of carbonyl (C=O) groups excluding carboxylic acids is 1. The van der Waals surface area contributed by atoms with Crippen LogP contribution in [0.15, 0.2) is 12.1 Å². The van der Waals surface area contributed by atoms with Crippen LogP contribution in [0.1, 0.15) is 41.1 Å². The summed E-state index contributed by atoms with van der Waals surface area (Å²) >= 11 is 2.18. The van der Waals surface area contributed by atoms with Crippen molar-refractivity contribution in [1.82, 2.24) is 0 Å². The van der Waals surface area contributed by atoms with Crippen molar-refractivity contribution in [2.75, 3.05) is 6.61 Å². The SMILES string of the molecule is O=Cc1cc(OC[C@H]2CC2(F)F)c(I)c(C2CC2)c1.